The van der Waals surface area contributed by atoms with Crippen LogP contribution < -0.4 is 5.32 Å². The van der Waals surface area contributed by atoms with E-state index in [0.717, 1.165) is 22.9 Å². The SMILES string of the molecule is BN(BC1=CC1)C(=O)C(NC(=O)OC(C)(C)C)C(C)(C)c1cn(C)c2ccccc12. The van der Waals surface area contributed by atoms with Crippen molar-refractivity contribution >= 4 is 38.3 Å². The van der Waals surface area contributed by atoms with Crippen LogP contribution in [0.3, 0.4) is 0 Å². The summed E-state index contributed by atoms with van der Waals surface area (Å²) in [5.41, 5.74) is 2.02. The highest BCUT2D eigenvalue weighted by atomic mass is 16.6. The summed E-state index contributed by atoms with van der Waals surface area (Å²) in [6.45, 7) is 9.43. The first kappa shape index (κ1) is 22.1. The maximum Gasteiger partial charge on any atom is 0.408 e. The van der Waals surface area contributed by atoms with Crippen molar-refractivity contribution in [3.8, 4) is 0 Å². The van der Waals surface area contributed by atoms with Crippen LogP contribution in [0.5, 0.6) is 0 Å². The Bertz CT molecular complexity index is 1000. The molecule has 0 aliphatic heterocycles. The average molecular weight is 407 g/mol. The van der Waals surface area contributed by atoms with Crippen LogP contribution >= 0.6 is 0 Å². The molecule has 1 aliphatic rings. The number of hydrogen-bond donors (Lipinski definition) is 1. The molecule has 1 unspecified atom stereocenters. The largest absolute Gasteiger partial charge is 0.444 e. The summed E-state index contributed by atoms with van der Waals surface area (Å²) in [6.07, 6.45) is 4.52. The van der Waals surface area contributed by atoms with Crippen LogP contribution in [0.2, 0.25) is 0 Å². The molecule has 0 radical (unpaired) electrons. The molecule has 1 aliphatic carbocycles. The Kier molecular flexibility index (Phi) is 5.81. The number of nitrogens with one attached hydrogen (secondary N) is 1. The van der Waals surface area contributed by atoms with Crippen molar-refractivity contribution in [2.45, 2.75) is 58.1 Å². The van der Waals surface area contributed by atoms with E-state index in [0.29, 0.717) is 7.41 Å². The Hall–Kier alpha value is -2.63. The van der Waals surface area contributed by atoms with Gasteiger partial charge in [-0.2, -0.15) is 0 Å². The number of rotatable bonds is 6. The minimum absolute atomic E-state index is 0.133. The van der Waals surface area contributed by atoms with Crippen LogP contribution in [0.4, 0.5) is 4.79 Å². The van der Waals surface area contributed by atoms with Gasteiger partial charge in [0.1, 0.15) is 11.6 Å². The first-order valence-corrected chi connectivity index (χ1v) is 10.4. The number of allylic oxidation sites excluding steroid dienone is 2. The van der Waals surface area contributed by atoms with Crippen molar-refractivity contribution < 1.29 is 14.3 Å². The zero-order valence-corrected chi connectivity index (χ0v) is 19.1. The van der Waals surface area contributed by atoms with Crippen LogP contribution in [0.15, 0.2) is 42.0 Å². The van der Waals surface area contributed by atoms with Gasteiger partial charge < -0.3 is 19.3 Å². The summed E-state index contributed by atoms with van der Waals surface area (Å²) in [7, 11) is 4.35. The molecule has 6 nitrogen and oxygen atoms in total. The highest BCUT2D eigenvalue weighted by molar-refractivity contribution is 6.55. The zero-order valence-electron chi connectivity index (χ0n) is 19.1. The Morgan fingerprint density at radius 3 is 2.47 bits per heavy atom. The third-order valence-corrected chi connectivity index (χ3v) is 5.53. The van der Waals surface area contributed by atoms with Gasteiger partial charge >= 0.3 is 6.09 Å². The second kappa shape index (κ2) is 7.89. The fourth-order valence-electron chi connectivity index (χ4n) is 3.79. The van der Waals surface area contributed by atoms with E-state index in [2.05, 4.69) is 28.1 Å². The Labute approximate surface area is 180 Å². The molecule has 1 aromatic heterocycles. The quantitative estimate of drug-likeness (QED) is 0.749. The molecule has 1 heterocycles. The van der Waals surface area contributed by atoms with Gasteiger partial charge in [-0.05, 0) is 38.8 Å². The number of hydrogen-bond acceptors (Lipinski definition) is 3. The minimum atomic E-state index is -0.775. The molecule has 1 N–H and O–H groups in total. The normalized spacial score (nSPS) is 14.7. The van der Waals surface area contributed by atoms with Gasteiger partial charge in [0.25, 0.3) is 7.41 Å². The molecule has 1 atom stereocenters. The van der Waals surface area contributed by atoms with Crippen LogP contribution in [-0.4, -0.2) is 48.3 Å². The van der Waals surface area contributed by atoms with Gasteiger partial charge in [0, 0.05) is 29.6 Å². The number of amides is 2. The number of fused-ring (bicyclic) bond motifs is 1. The lowest BCUT2D eigenvalue weighted by Crippen LogP contribution is -2.58. The molecule has 0 spiro atoms. The third-order valence-electron chi connectivity index (χ3n) is 5.53. The lowest BCUT2D eigenvalue weighted by molar-refractivity contribution is -0.127. The van der Waals surface area contributed by atoms with E-state index in [-0.39, 0.29) is 5.91 Å². The molecule has 0 bridgehead atoms. The van der Waals surface area contributed by atoms with E-state index in [9.17, 15) is 9.59 Å². The van der Waals surface area contributed by atoms with E-state index >= 15 is 0 Å². The number of alkyl carbamates (subject to hydrolysis) is 1. The van der Waals surface area contributed by atoms with Gasteiger partial charge in [0.15, 0.2) is 0 Å². The molecule has 2 amide bonds. The predicted molar refractivity (Wildman–Crippen MR) is 124 cm³/mol. The minimum Gasteiger partial charge on any atom is -0.444 e. The smallest absolute Gasteiger partial charge is 0.408 e. The summed E-state index contributed by atoms with van der Waals surface area (Å²) in [5, 5.41) is 3.95. The molecule has 2 aromatic rings. The molecule has 0 saturated carbocycles. The third kappa shape index (κ3) is 4.74. The van der Waals surface area contributed by atoms with E-state index in [1.807, 2.05) is 60.0 Å². The molecule has 0 fully saturated rings. The van der Waals surface area contributed by atoms with Crippen LogP contribution in [0.1, 0.15) is 46.6 Å². The number of nitrogens with zero attached hydrogens (tertiary/aromatic N) is 2. The summed E-state index contributed by atoms with van der Waals surface area (Å²) in [4.78, 5) is 26.1. The molecule has 8 heteroatoms. The number of carbonyl (C=O) groups is 2. The number of aryl methyl sites for hydroxylation is 1. The molecule has 0 saturated heterocycles. The number of benzene rings is 1. The molecule has 30 heavy (non-hydrogen) atoms. The number of carbonyl (C=O) groups excluding carboxylic acids is 2. The Morgan fingerprint density at radius 1 is 1.23 bits per heavy atom. The lowest BCUT2D eigenvalue weighted by atomic mass is 9.74. The highest BCUT2D eigenvalue weighted by Crippen LogP contribution is 2.35. The monoisotopic (exact) mass is 407 g/mol. The lowest BCUT2D eigenvalue weighted by Gasteiger charge is -2.37. The van der Waals surface area contributed by atoms with Crippen molar-refractivity contribution in [2.24, 2.45) is 7.05 Å². The van der Waals surface area contributed by atoms with Gasteiger partial charge in [-0.3, -0.25) is 4.79 Å². The first-order chi connectivity index (χ1) is 13.9. The van der Waals surface area contributed by atoms with Gasteiger partial charge in [-0.1, -0.05) is 43.6 Å². The second-order valence-corrected chi connectivity index (χ2v) is 9.73. The number of para-hydroxylation sites is 1. The van der Waals surface area contributed by atoms with E-state index in [1.165, 1.54) is 5.47 Å². The van der Waals surface area contributed by atoms with Crippen LogP contribution in [0.25, 0.3) is 10.9 Å². The van der Waals surface area contributed by atoms with Crippen molar-refractivity contribution in [3.05, 3.63) is 47.6 Å². The highest BCUT2D eigenvalue weighted by Gasteiger charge is 2.41. The second-order valence-electron chi connectivity index (χ2n) is 9.73. The summed E-state index contributed by atoms with van der Waals surface area (Å²) in [6, 6.07) is 7.32. The van der Waals surface area contributed by atoms with Gasteiger partial charge in [0.05, 0.1) is 0 Å². The van der Waals surface area contributed by atoms with Crippen molar-refractivity contribution in [1.82, 2.24) is 14.6 Å². The van der Waals surface area contributed by atoms with Gasteiger partial charge in [-0.15, -0.1) is 0 Å². The summed E-state index contributed by atoms with van der Waals surface area (Å²) in [5.74, 6) is -0.133. The van der Waals surface area contributed by atoms with Crippen molar-refractivity contribution in [2.75, 3.05) is 0 Å². The molecular weight excluding hydrogens is 376 g/mol. The zero-order chi connectivity index (χ0) is 22.3. The van der Waals surface area contributed by atoms with Crippen molar-refractivity contribution in [1.29, 1.82) is 0 Å². The topological polar surface area (TPSA) is 63.6 Å². The predicted octanol–water partition coefficient (Wildman–Crippen LogP) is 2.36. The summed E-state index contributed by atoms with van der Waals surface area (Å²) < 4.78 is 9.22. The van der Waals surface area contributed by atoms with Crippen molar-refractivity contribution in [3.63, 3.8) is 0 Å². The van der Waals surface area contributed by atoms with E-state index in [1.54, 1.807) is 12.7 Å². The maximum atomic E-state index is 13.5. The number of aromatic nitrogens is 1. The maximum absolute atomic E-state index is 13.5. The molecule has 3 rings (SSSR count). The fourth-order valence-corrected chi connectivity index (χ4v) is 3.79. The first-order valence-electron chi connectivity index (χ1n) is 10.4. The van der Waals surface area contributed by atoms with Gasteiger partial charge in [0.2, 0.25) is 13.9 Å². The molecular formula is C22H31B2N3O3. The number of ether oxygens (including phenoxy) is 1. The van der Waals surface area contributed by atoms with Crippen LogP contribution in [0, 0.1) is 0 Å². The van der Waals surface area contributed by atoms with Crippen LogP contribution in [-0.2, 0) is 22.0 Å². The fraction of sp³-hybridized carbons (Fsp3) is 0.455. The molecule has 158 valence electrons. The Morgan fingerprint density at radius 2 is 1.87 bits per heavy atom. The molecule has 1 aromatic carbocycles. The van der Waals surface area contributed by atoms with Gasteiger partial charge in [-0.25, -0.2) is 4.79 Å². The van der Waals surface area contributed by atoms with E-state index < -0.39 is 23.2 Å². The Balaban J connectivity index is 1.98. The standard InChI is InChI=1S/C22H31B2N3O3/c1-21(2,3)30-20(29)25-18(19(28)27(23)24-14-11-12-14)22(4,5)16-13-26(6)17-10-8-7-9-15(16)17/h7-11,13,18,24H,12,23H2,1-6H3,(H,25,29). The average Bonchev–Trinajstić information content (AvgIpc) is 3.39. The van der Waals surface area contributed by atoms with E-state index in [4.69, 9.17) is 4.74 Å². The summed E-state index contributed by atoms with van der Waals surface area (Å²) >= 11 is 0.